The summed E-state index contributed by atoms with van der Waals surface area (Å²) < 4.78 is 0. The van der Waals surface area contributed by atoms with E-state index in [4.69, 9.17) is 0 Å². The SMILES string of the molecule is Cc1ccc(N=C2CCCC(=O)C2)cc1. The van der Waals surface area contributed by atoms with Crippen LogP contribution in [0.5, 0.6) is 0 Å². The number of hydrogen-bond acceptors (Lipinski definition) is 2. The third-order valence-corrected chi connectivity index (χ3v) is 2.64. The van der Waals surface area contributed by atoms with E-state index in [1.165, 1.54) is 5.56 Å². The lowest BCUT2D eigenvalue weighted by molar-refractivity contribution is -0.118. The molecule has 0 heterocycles. The summed E-state index contributed by atoms with van der Waals surface area (Å²) in [5, 5.41) is 0. The van der Waals surface area contributed by atoms with Crippen LogP contribution in [0, 0.1) is 6.92 Å². The molecule has 2 nitrogen and oxygen atoms in total. The summed E-state index contributed by atoms with van der Waals surface area (Å²) in [6, 6.07) is 8.09. The van der Waals surface area contributed by atoms with E-state index < -0.39 is 0 Å². The zero-order valence-electron chi connectivity index (χ0n) is 8.99. The molecule has 0 N–H and O–H groups in total. The lowest BCUT2D eigenvalue weighted by Crippen LogP contribution is -2.13. The molecular weight excluding hydrogens is 186 g/mol. The van der Waals surface area contributed by atoms with E-state index in [0.717, 1.165) is 30.7 Å². The van der Waals surface area contributed by atoms with Crippen molar-refractivity contribution in [2.75, 3.05) is 0 Å². The van der Waals surface area contributed by atoms with Crippen LogP contribution >= 0.6 is 0 Å². The molecule has 1 aromatic rings. The summed E-state index contributed by atoms with van der Waals surface area (Å²) in [5.74, 6) is 0.326. The molecule has 0 atom stereocenters. The van der Waals surface area contributed by atoms with Gasteiger partial charge in [0.2, 0.25) is 0 Å². The number of hydrogen-bond donors (Lipinski definition) is 0. The zero-order chi connectivity index (χ0) is 10.7. The minimum absolute atomic E-state index is 0.326. The van der Waals surface area contributed by atoms with Crippen molar-refractivity contribution >= 4 is 17.2 Å². The molecule has 0 bridgehead atoms. The summed E-state index contributed by atoms with van der Waals surface area (Å²) >= 11 is 0. The first-order chi connectivity index (χ1) is 7.24. The molecule has 15 heavy (non-hydrogen) atoms. The van der Waals surface area contributed by atoms with Gasteiger partial charge < -0.3 is 0 Å². The molecule has 0 aliphatic heterocycles. The van der Waals surface area contributed by atoms with Crippen LogP contribution in [0.1, 0.15) is 31.2 Å². The maximum atomic E-state index is 11.2. The van der Waals surface area contributed by atoms with Crippen LogP contribution in [0.3, 0.4) is 0 Å². The average molecular weight is 201 g/mol. The number of carbonyl (C=O) groups is 1. The van der Waals surface area contributed by atoms with Gasteiger partial charge in [0.15, 0.2) is 0 Å². The molecule has 2 rings (SSSR count). The first kappa shape index (κ1) is 10.1. The number of aryl methyl sites for hydroxylation is 1. The van der Waals surface area contributed by atoms with Crippen LogP contribution in [0.25, 0.3) is 0 Å². The van der Waals surface area contributed by atoms with Crippen LogP contribution in [-0.4, -0.2) is 11.5 Å². The van der Waals surface area contributed by atoms with Gasteiger partial charge in [0.1, 0.15) is 5.78 Å². The van der Waals surface area contributed by atoms with Crippen molar-refractivity contribution in [2.45, 2.75) is 32.6 Å². The third kappa shape index (κ3) is 2.75. The van der Waals surface area contributed by atoms with E-state index in [1.807, 2.05) is 24.3 Å². The van der Waals surface area contributed by atoms with Crippen LogP contribution in [0.4, 0.5) is 5.69 Å². The predicted molar refractivity (Wildman–Crippen MR) is 61.7 cm³/mol. The van der Waals surface area contributed by atoms with Gasteiger partial charge in [0, 0.05) is 18.6 Å². The molecule has 0 saturated heterocycles. The number of nitrogens with zero attached hydrogens (tertiary/aromatic N) is 1. The Morgan fingerprint density at radius 1 is 1.13 bits per heavy atom. The van der Waals surface area contributed by atoms with Gasteiger partial charge in [-0.2, -0.15) is 0 Å². The van der Waals surface area contributed by atoms with Crippen LogP contribution < -0.4 is 0 Å². The molecule has 0 amide bonds. The predicted octanol–water partition coefficient (Wildman–Crippen LogP) is 3.21. The summed E-state index contributed by atoms with van der Waals surface area (Å²) in [7, 11) is 0. The van der Waals surface area contributed by atoms with Crippen LogP contribution in [-0.2, 0) is 4.79 Å². The summed E-state index contributed by atoms with van der Waals surface area (Å²) in [4.78, 5) is 15.7. The van der Waals surface area contributed by atoms with E-state index in [2.05, 4.69) is 11.9 Å². The summed E-state index contributed by atoms with van der Waals surface area (Å²) in [6.07, 6.45) is 3.21. The monoisotopic (exact) mass is 201 g/mol. The highest BCUT2D eigenvalue weighted by Crippen LogP contribution is 2.18. The number of carbonyl (C=O) groups excluding carboxylic acids is 1. The molecule has 2 heteroatoms. The number of Topliss-reactive ketones (excluding diaryl/α,β-unsaturated/α-hetero) is 1. The fourth-order valence-corrected chi connectivity index (χ4v) is 1.79. The van der Waals surface area contributed by atoms with Gasteiger partial charge in [-0.05, 0) is 31.9 Å². The number of ketones is 1. The van der Waals surface area contributed by atoms with E-state index in [1.54, 1.807) is 0 Å². The second-order valence-corrected chi connectivity index (χ2v) is 4.08. The zero-order valence-corrected chi connectivity index (χ0v) is 8.99. The van der Waals surface area contributed by atoms with Crippen molar-refractivity contribution in [1.82, 2.24) is 0 Å². The molecule has 78 valence electrons. The average Bonchev–Trinajstić information content (AvgIpc) is 2.22. The highest BCUT2D eigenvalue weighted by atomic mass is 16.1. The minimum Gasteiger partial charge on any atom is -0.299 e. The summed E-state index contributed by atoms with van der Waals surface area (Å²) in [5.41, 5.74) is 3.24. The van der Waals surface area contributed by atoms with Gasteiger partial charge in [0.25, 0.3) is 0 Å². The first-order valence-corrected chi connectivity index (χ1v) is 5.39. The minimum atomic E-state index is 0.326. The molecule has 1 aliphatic rings. The van der Waals surface area contributed by atoms with E-state index in [-0.39, 0.29) is 0 Å². The number of aliphatic imine (C=N–C) groups is 1. The van der Waals surface area contributed by atoms with Crippen molar-refractivity contribution in [2.24, 2.45) is 4.99 Å². The van der Waals surface area contributed by atoms with E-state index in [9.17, 15) is 4.79 Å². The Morgan fingerprint density at radius 3 is 2.53 bits per heavy atom. The van der Waals surface area contributed by atoms with Crippen molar-refractivity contribution in [3.63, 3.8) is 0 Å². The van der Waals surface area contributed by atoms with Crippen molar-refractivity contribution in [1.29, 1.82) is 0 Å². The molecule has 0 unspecified atom stereocenters. The third-order valence-electron chi connectivity index (χ3n) is 2.64. The van der Waals surface area contributed by atoms with Crippen LogP contribution in [0.2, 0.25) is 0 Å². The van der Waals surface area contributed by atoms with Gasteiger partial charge in [-0.1, -0.05) is 17.7 Å². The van der Waals surface area contributed by atoms with E-state index in [0.29, 0.717) is 12.2 Å². The Morgan fingerprint density at radius 2 is 1.87 bits per heavy atom. The number of rotatable bonds is 1. The Bertz CT molecular complexity index is 390. The molecule has 1 fully saturated rings. The molecule has 0 radical (unpaired) electrons. The molecule has 0 spiro atoms. The van der Waals surface area contributed by atoms with Crippen molar-refractivity contribution in [3.8, 4) is 0 Å². The normalized spacial score (nSPS) is 19.5. The second kappa shape index (κ2) is 4.39. The highest BCUT2D eigenvalue weighted by molar-refractivity contribution is 6.04. The quantitative estimate of drug-likeness (QED) is 0.686. The Labute approximate surface area is 90.0 Å². The molecule has 1 saturated carbocycles. The lowest BCUT2D eigenvalue weighted by Gasteiger charge is -2.11. The van der Waals surface area contributed by atoms with Gasteiger partial charge in [0.05, 0.1) is 5.69 Å². The van der Waals surface area contributed by atoms with Gasteiger partial charge in [-0.15, -0.1) is 0 Å². The molecular formula is C13H15NO. The molecule has 0 aromatic heterocycles. The topological polar surface area (TPSA) is 29.4 Å². The van der Waals surface area contributed by atoms with E-state index >= 15 is 0 Å². The Balaban J connectivity index is 2.15. The first-order valence-electron chi connectivity index (χ1n) is 5.39. The molecule has 1 aliphatic carbocycles. The second-order valence-electron chi connectivity index (χ2n) is 4.08. The van der Waals surface area contributed by atoms with Crippen LogP contribution in [0.15, 0.2) is 29.3 Å². The lowest BCUT2D eigenvalue weighted by atomic mass is 9.97. The number of benzene rings is 1. The highest BCUT2D eigenvalue weighted by Gasteiger charge is 2.13. The molecule has 1 aromatic carbocycles. The maximum absolute atomic E-state index is 11.2. The summed E-state index contributed by atoms with van der Waals surface area (Å²) in [6.45, 7) is 2.06. The van der Waals surface area contributed by atoms with Crippen molar-refractivity contribution in [3.05, 3.63) is 29.8 Å². The van der Waals surface area contributed by atoms with Crippen molar-refractivity contribution < 1.29 is 4.79 Å². The Kier molecular flexibility index (Phi) is 2.95. The van der Waals surface area contributed by atoms with Gasteiger partial charge in [-0.25, -0.2) is 0 Å². The maximum Gasteiger partial charge on any atom is 0.138 e. The fourth-order valence-electron chi connectivity index (χ4n) is 1.79. The fraction of sp³-hybridized carbons (Fsp3) is 0.385. The smallest absolute Gasteiger partial charge is 0.138 e. The van der Waals surface area contributed by atoms with Gasteiger partial charge in [-0.3, -0.25) is 9.79 Å². The standard InChI is InChI=1S/C13H15NO/c1-10-5-7-11(8-6-10)14-12-3-2-4-13(15)9-12/h5-8H,2-4,9H2,1H3. The van der Waals surface area contributed by atoms with Gasteiger partial charge >= 0.3 is 0 Å². The Hall–Kier alpha value is -1.44. The largest absolute Gasteiger partial charge is 0.299 e.